The van der Waals surface area contributed by atoms with Gasteiger partial charge in [-0.3, -0.25) is 4.79 Å². The molecular formula is C13H29N3O3S. The molecule has 0 aromatic rings. The molecule has 1 atom stereocenters. The molecule has 0 saturated carbocycles. The van der Waals surface area contributed by atoms with Crippen LogP contribution in [0.4, 0.5) is 0 Å². The fraction of sp³-hybridized carbons (Fsp3) is 0.923. The van der Waals surface area contributed by atoms with Gasteiger partial charge in [-0.1, -0.05) is 20.8 Å². The van der Waals surface area contributed by atoms with Crippen molar-refractivity contribution < 1.29 is 13.2 Å². The van der Waals surface area contributed by atoms with Crippen LogP contribution in [0.3, 0.4) is 0 Å². The van der Waals surface area contributed by atoms with Crippen molar-refractivity contribution in [3.8, 4) is 0 Å². The van der Waals surface area contributed by atoms with Crippen molar-refractivity contribution in [2.24, 2.45) is 17.1 Å². The Labute approximate surface area is 122 Å². The molecule has 0 saturated heterocycles. The van der Waals surface area contributed by atoms with Crippen LogP contribution in [0.1, 0.15) is 40.0 Å². The summed E-state index contributed by atoms with van der Waals surface area (Å²) in [4.78, 5) is 11.7. The molecule has 7 heteroatoms. The van der Waals surface area contributed by atoms with Gasteiger partial charge in [-0.15, -0.1) is 0 Å². The molecule has 0 aliphatic rings. The predicted octanol–water partition coefficient (Wildman–Crippen LogP) is 0.443. The van der Waals surface area contributed by atoms with Crippen LogP contribution in [0.25, 0.3) is 0 Å². The van der Waals surface area contributed by atoms with Crippen LogP contribution in [-0.2, 0) is 14.8 Å². The molecule has 0 bridgehead atoms. The lowest BCUT2D eigenvalue weighted by Gasteiger charge is -2.30. The zero-order valence-corrected chi connectivity index (χ0v) is 13.8. The number of hydrogen-bond acceptors (Lipinski definition) is 4. The van der Waals surface area contributed by atoms with E-state index in [1.807, 2.05) is 0 Å². The first kappa shape index (κ1) is 19.3. The lowest BCUT2D eigenvalue weighted by molar-refractivity contribution is -0.121. The van der Waals surface area contributed by atoms with Crippen molar-refractivity contribution in [3.05, 3.63) is 0 Å². The number of nitrogens with one attached hydrogen (secondary N) is 2. The minimum Gasteiger partial charge on any atom is -0.355 e. The second-order valence-corrected chi connectivity index (χ2v) is 8.10. The summed E-state index contributed by atoms with van der Waals surface area (Å²) < 4.78 is 24.6. The van der Waals surface area contributed by atoms with E-state index >= 15 is 0 Å². The normalized spacial score (nSPS) is 14.1. The Balaban J connectivity index is 4.09. The van der Waals surface area contributed by atoms with Crippen LogP contribution in [0.5, 0.6) is 0 Å². The van der Waals surface area contributed by atoms with Gasteiger partial charge in [-0.05, 0) is 37.8 Å². The van der Waals surface area contributed by atoms with E-state index in [4.69, 9.17) is 5.73 Å². The van der Waals surface area contributed by atoms with E-state index in [-0.39, 0.29) is 23.6 Å². The third kappa shape index (κ3) is 8.50. The van der Waals surface area contributed by atoms with Crippen molar-refractivity contribution >= 4 is 15.9 Å². The number of amides is 1. The standard InChI is InChI=1S/C13H29N3O3S/c1-13(2,3)11(7-8-14)5-6-12(17)16-9-10-20(18,19)15-4/h11,15H,5-10,14H2,1-4H3,(H,16,17). The highest BCUT2D eigenvalue weighted by atomic mass is 32.2. The molecule has 120 valence electrons. The van der Waals surface area contributed by atoms with Crippen molar-refractivity contribution in [1.29, 1.82) is 0 Å². The average Bonchev–Trinajstić information content (AvgIpc) is 2.32. The number of rotatable bonds is 9. The van der Waals surface area contributed by atoms with E-state index in [9.17, 15) is 13.2 Å². The minimum absolute atomic E-state index is 0.0965. The van der Waals surface area contributed by atoms with Crippen molar-refractivity contribution in [2.45, 2.75) is 40.0 Å². The Hall–Kier alpha value is -0.660. The van der Waals surface area contributed by atoms with Gasteiger partial charge in [-0.2, -0.15) is 0 Å². The Morgan fingerprint density at radius 3 is 2.30 bits per heavy atom. The van der Waals surface area contributed by atoms with Gasteiger partial charge in [0.05, 0.1) is 5.75 Å². The Bertz CT molecular complexity index is 388. The van der Waals surface area contributed by atoms with Gasteiger partial charge in [0.2, 0.25) is 15.9 Å². The van der Waals surface area contributed by atoms with Crippen molar-refractivity contribution in [2.75, 3.05) is 25.9 Å². The van der Waals surface area contributed by atoms with Gasteiger partial charge in [0.15, 0.2) is 0 Å². The third-order valence-corrected chi connectivity index (χ3v) is 4.83. The van der Waals surface area contributed by atoms with E-state index in [2.05, 4.69) is 30.8 Å². The maximum atomic E-state index is 11.7. The Kier molecular flexibility index (Phi) is 8.30. The SMILES string of the molecule is CNS(=O)(=O)CCNC(=O)CCC(CCN)C(C)(C)C. The molecule has 0 radical (unpaired) electrons. The number of nitrogens with two attached hydrogens (primary N) is 1. The van der Waals surface area contributed by atoms with Crippen LogP contribution in [-0.4, -0.2) is 40.2 Å². The maximum Gasteiger partial charge on any atom is 0.220 e. The number of carbonyl (C=O) groups is 1. The molecule has 0 heterocycles. The topological polar surface area (TPSA) is 101 Å². The smallest absolute Gasteiger partial charge is 0.220 e. The Morgan fingerprint density at radius 1 is 1.25 bits per heavy atom. The largest absolute Gasteiger partial charge is 0.355 e. The van der Waals surface area contributed by atoms with Crippen LogP contribution in [0, 0.1) is 11.3 Å². The highest BCUT2D eigenvalue weighted by molar-refractivity contribution is 7.89. The molecule has 20 heavy (non-hydrogen) atoms. The molecule has 0 spiro atoms. The molecule has 0 aromatic carbocycles. The van der Waals surface area contributed by atoms with Gasteiger partial charge >= 0.3 is 0 Å². The van der Waals surface area contributed by atoms with Crippen LogP contribution in [0.15, 0.2) is 0 Å². The first-order chi connectivity index (χ1) is 9.12. The van der Waals surface area contributed by atoms with Crippen LogP contribution < -0.4 is 15.8 Å². The zero-order valence-electron chi connectivity index (χ0n) is 13.0. The maximum absolute atomic E-state index is 11.7. The summed E-state index contributed by atoms with van der Waals surface area (Å²) >= 11 is 0. The minimum atomic E-state index is -3.26. The number of carbonyl (C=O) groups excluding carboxylic acids is 1. The van der Waals surface area contributed by atoms with E-state index in [1.54, 1.807) is 0 Å². The van der Waals surface area contributed by atoms with Crippen molar-refractivity contribution in [3.63, 3.8) is 0 Å². The van der Waals surface area contributed by atoms with E-state index in [1.165, 1.54) is 7.05 Å². The quantitative estimate of drug-likeness (QED) is 0.575. The summed E-state index contributed by atoms with van der Waals surface area (Å²) in [5, 5.41) is 2.63. The average molecular weight is 307 g/mol. The van der Waals surface area contributed by atoms with Crippen LogP contribution >= 0.6 is 0 Å². The summed E-state index contributed by atoms with van der Waals surface area (Å²) in [7, 11) is -1.90. The molecule has 6 nitrogen and oxygen atoms in total. The summed E-state index contributed by atoms with van der Waals surface area (Å²) in [6.07, 6.45) is 2.07. The molecule has 0 rings (SSSR count). The summed E-state index contributed by atoms with van der Waals surface area (Å²) in [6.45, 7) is 7.18. The molecule has 4 N–H and O–H groups in total. The van der Waals surface area contributed by atoms with E-state index in [0.717, 1.165) is 12.8 Å². The summed E-state index contributed by atoms with van der Waals surface area (Å²) in [5.74, 6) is 0.183. The van der Waals surface area contributed by atoms with Crippen LogP contribution in [0.2, 0.25) is 0 Å². The van der Waals surface area contributed by atoms with Gasteiger partial charge in [-0.25, -0.2) is 13.1 Å². The van der Waals surface area contributed by atoms with Gasteiger partial charge in [0, 0.05) is 13.0 Å². The summed E-state index contributed by atoms with van der Waals surface area (Å²) in [6, 6.07) is 0. The Morgan fingerprint density at radius 2 is 1.85 bits per heavy atom. The monoisotopic (exact) mass is 307 g/mol. The highest BCUT2D eigenvalue weighted by Gasteiger charge is 2.24. The van der Waals surface area contributed by atoms with Gasteiger partial charge in [0.25, 0.3) is 0 Å². The molecule has 0 aliphatic carbocycles. The fourth-order valence-electron chi connectivity index (χ4n) is 2.03. The molecule has 0 aromatic heterocycles. The van der Waals surface area contributed by atoms with E-state index < -0.39 is 10.0 Å². The molecule has 0 aliphatic heterocycles. The lowest BCUT2D eigenvalue weighted by atomic mass is 9.76. The van der Waals surface area contributed by atoms with Crippen molar-refractivity contribution in [1.82, 2.24) is 10.0 Å². The number of sulfonamides is 1. The molecule has 1 unspecified atom stereocenters. The lowest BCUT2D eigenvalue weighted by Crippen LogP contribution is -2.33. The first-order valence-corrected chi connectivity index (χ1v) is 8.65. The third-order valence-electron chi connectivity index (χ3n) is 3.46. The predicted molar refractivity (Wildman–Crippen MR) is 81.7 cm³/mol. The molecule has 1 amide bonds. The fourth-order valence-corrected chi connectivity index (χ4v) is 2.61. The summed E-state index contributed by atoms with van der Waals surface area (Å²) in [5.41, 5.74) is 5.72. The molecular weight excluding hydrogens is 278 g/mol. The van der Waals surface area contributed by atoms with Gasteiger partial charge in [0.1, 0.15) is 0 Å². The zero-order chi connectivity index (χ0) is 15.8. The first-order valence-electron chi connectivity index (χ1n) is 7.00. The number of hydrogen-bond donors (Lipinski definition) is 3. The van der Waals surface area contributed by atoms with Gasteiger partial charge < -0.3 is 11.1 Å². The second kappa shape index (κ2) is 8.59. The van der Waals surface area contributed by atoms with E-state index in [0.29, 0.717) is 18.9 Å². The second-order valence-electron chi connectivity index (χ2n) is 6.05. The molecule has 0 fully saturated rings. The highest BCUT2D eigenvalue weighted by Crippen LogP contribution is 2.31.